The number of alkyl halides is 3. The van der Waals surface area contributed by atoms with Crippen LogP contribution >= 0.6 is 0 Å². The number of ether oxygens (including phenoxy) is 1. The molecule has 3 aromatic rings. The Bertz CT molecular complexity index is 913. The third-order valence-corrected chi connectivity index (χ3v) is 4.14. The summed E-state index contributed by atoms with van der Waals surface area (Å²) >= 11 is 0. The topological polar surface area (TPSA) is 39.9 Å². The van der Waals surface area contributed by atoms with Crippen molar-refractivity contribution >= 4 is 11.0 Å². The fourth-order valence-electron chi connectivity index (χ4n) is 2.83. The first-order valence-electron chi connectivity index (χ1n) is 7.56. The van der Waals surface area contributed by atoms with Gasteiger partial charge in [-0.05, 0) is 37.1 Å². The van der Waals surface area contributed by atoms with Crippen molar-refractivity contribution in [2.75, 3.05) is 7.11 Å². The molecule has 0 N–H and O–H groups in total. The maximum absolute atomic E-state index is 13.0. The third kappa shape index (κ3) is 2.50. The number of hydrogen-bond donors (Lipinski definition) is 0. The van der Waals surface area contributed by atoms with Crippen LogP contribution in [0.1, 0.15) is 24.4 Å². The minimum Gasteiger partial charge on any atom is -0.495 e. The van der Waals surface area contributed by atoms with Crippen molar-refractivity contribution in [3.63, 3.8) is 0 Å². The van der Waals surface area contributed by atoms with Gasteiger partial charge in [0.1, 0.15) is 11.6 Å². The number of benzene rings is 1. The first-order valence-corrected chi connectivity index (χ1v) is 7.56. The third-order valence-electron chi connectivity index (χ3n) is 4.14. The number of pyridine rings is 1. The van der Waals surface area contributed by atoms with E-state index >= 15 is 0 Å². The molecule has 7 heteroatoms. The zero-order valence-electron chi connectivity index (χ0n) is 12.8. The average Bonchev–Trinajstić information content (AvgIpc) is 3.33. The Morgan fingerprint density at radius 1 is 1.17 bits per heavy atom. The van der Waals surface area contributed by atoms with E-state index in [9.17, 15) is 13.2 Å². The zero-order chi connectivity index (χ0) is 16.9. The van der Waals surface area contributed by atoms with E-state index in [1.54, 1.807) is 25.6 Å². The molecule has 4 nitrogen and oxygen atoms in total. The first kappa shape index (κ1) is 15.0. The maximum Gasteiger partial charge on any atom is 0.416 e. The molecule has 0 aliphatic heterocycles. The van der Waals surface area contributed by atoms with Crippen LogP contribution in [0.5, 0.6) is 5.75 Å². The quantitative estimate of drug-likeness (QED) is 0.710. The van der Waals surface area contributed by atoms with Gasteiger partial charge in [0.25, 0.3) is 0 Å². The van der Waals surface area contributed by atoms with Gasteiger partial charge in [-0.15, -0.1) is 0 Å². The van der Waals surface area contributed by atoms with Crippen molar-refractivity contribution in [2.24, 2.45) is 0 Å². The largest absolute Gasteiger partial charge is 0.495 e. The van der Waals surface area contributed by atoms with Crippen molar-refractivity contribution in [2.45, 2.75) is 25.1 Å². The van der Waals surface area contributed by atoms with Crippen molar-refractivity contribution in [1.29, 1.82) is 0 Å². The van der Waals surface area contributed by atoms with E-state index in [4.69, 9.17) is 4.74 Å². The molecule has 0 bridgehead atoms. The summed E-state index contributed by atoms with van der Waals surface area (Å²) in [5.41, 5.74) is 1.09. The Kier molecular flexibility index (Phi) is 3.26. The summed E-state index contributed by atoms with van der Waals surface area (Å²) in [7, 11) is 1.54. The predicted octanol–water partition coefficient (Wildman–Crippen LogP) is 4.46. The molecule has 0 amide bonds. The van der Waals surface area contributed by atoms with Gasteiger partial charge in [-0.1, -0.05) is 0 Å². The molecule has 0 atom stereocenters. The van der Waals surface area contributed by atoms with E-state index in [0.717, 1.165) is 30.5 Å². The number of methoxy groups -OCH3 is 1. The van der Waals surface area contributed by atoms with Gasteiger partial charge < -0.3 is 9.30 Å². The zero-order valence-corrected chi connectivity index (χ0v) is 12.8. The van der Waals surface area contributed by atoms with E-state index in [2.05, 4.69) is 9.97 Å². The smallest absolute Gasteiger partial charge is 0.416 e. The minimum absolute atomic E-state index is 0.271. The molecule has 1 aliphatic rings. The first-order chi connectivity index (χ1) is 11.5. The maximum atomic E-state index is 13.0. The van der Waals surface area contributed by atoms with Crippen molar-refractivity contribution in [1.82, 2.24) is 14.5 Å². The van der Waals surface area contributed by atoms with Crippen LogP contribution in [0.4, 0.5) is 13.2 Å². The highest BCUT2D eigenvalue weighted by atomic mass is 19.4. The Morgan fingerprint density at radius 2 is 1.96 bits per heavy atom. The standard InChI is InChI=1S/C17H14F3N3O/c1-24-13-6-10(8-21-9-13)16-22-14-7-11(17(18,19)20)2-5-15(14)23(16)12-3-4-12/h2,5-9,12H,3-4H2,1H3. The summed E-state index contributed by atoms with van der Waals surface area (Å²) < 4.78 is 46.1. The second-order valence-electron chi connectivity index (χ2n) is 5.85. The summed E-state index contributed by atoms with van der Waals surface area (Å²) in [6.07, 6.45) is 0.839. The average molecular weight is 333 g/mol. The molecular weight excluding hydrogens is 319 g/mol. The molecule has 1 saturated carbocycles. The van der Waals surface area contributed by atoms with Crippen LogP contribution in [0.3, 0.4) is 0 Å². The van der Waals surface area contributed by atoms with Gasteiger partial charge in [0, 0.05) is 17.8 Å². The number of aromatic nitrogens is 3. The van der Waals surface area contributed by atoms with Gasteiger partial charge in [-0.2, -0.15) is 13.2 Å². The number of fused-ring (bicyclic) bond motifs is 1. The highest BCUT2D eigenvalue weighted by Crippen LogP contribution is 2.42. The number of imidazole rings is 1. The number of nitrogens with zero attached hydrogens (tertiary/aromatic N) is 3. The van der Waals surface area contributed by atoms with E-state index in [1.807, 2.05) is 4.57 Å². The lowest BCUT2D eigenvalue weighted by atomic mass is 10.2. The molecule has 2 heterocycles. The van der Waals surface area contributed by atoms with Crippen LogP contribution in [0.15, 0.2) is 36.7 Å². The van der Waals surface area contributed by atoms with Gasteiger partial charge >= 0.3 is 6.18 Å². The molecule has 1 aromatic carbocycles. The van der Waals surface area contributed by atoms with Crippen molar-refractivity contribution in [3.05, 3.63) is 42.2 Å². The SMILES string of the molecule is COc1cncc(-c2nc3cc(C(F)(F)F)ccc3n2C2CC2)c1. The van der Waals surface area contributed by atoms with Crippen LogP contribution in [-0.4, -0.2) is 21.6 Å². The second kappa shape index (κ2) is 5.22. The van der Waals surface area contributed by atoms with E-state index in [-0.39, 0.29) is 6.04 Å². The molecule has 124 valence electrons. The lowest BCUT2D eigenvalue weighted by Crippen LogP contribution is -2.04. The van der Waals surface area contributed by atoms with E-state index < -0.39 is 11.7 Å². The van der Waals surface area contributed by atoms with Crippen molar-refractivity contribution < 1.29 is 17.9 Å². The van der Waals surface area contributed by atoms with Gasteiger partial charge in [0.15, 0.2) is 0 Å². The summed E-state index contributed by atoms with van der Waals surface area (Å²) in [6.45, 7) is 0. The molecule has 0 saturated heterocycles. The van der Waals surface area contributed by atoms with Gasteiger partial charge in [-0.3, -0.25) is 4.98 Å². The second-order valence-corrected chi connectivity index (χ2v) is 5.85. The van der Waals surface area contributed by atoms with E-state index in [0.29, 0.717) is 22.6 Å². The lowest BCUT2D eigenvalue weighted by molar-refractivity contribution is -0.137. The van der Waals surface area contributed by atoms with Crippen LogP contribution in [-0.2, 0) is 6.18 Å². The van der Waals surface area contributed by atoms with Crippen molar-refractivity contribution in [3.8, 4) is 17.1 Å². The Labute approximate surface area is 135 Å². The number of rotatable bonds is 3. The summed E-state index contributed by atoms with van der Waals surface area (Å²) in [5.74, 6) is 1.20. The van der Waals surface area contributed by atoms with E-state index in [1.165, 1.54) is 6.07 Å². The fraction of sp³-hybridized carbons (Fsp3) is 0.294. The normalized spacial score (nSPS) is 15.0. The van der Waals surface area contributed by atoms with Crippen LogP contribution < -0.4 is 4.74 Å². The molecule has 4 rings (SSSR count). The Balaban J connectivity index is 1.92. The van der Waals surface area contributed by atoms with Crippen LogP contribution in [0.25, 0.3) is 22.4 Å². The van der Waals surface area contributed by atoms with Crippen LogP contribution in [0, 0.1) is 0 Å². The van der Waals surface area contributed by atoms with Gasteiger partial charge in [0.05, 0.1) is 29.9 Å². The Morgan fingerprint density at radius 3 is 2.62 bits per heavy atom. The molecule has 2 aromatic heterocycles. The number of halogens is 3. The minimum atomic E-state index is -4.38. The molecule has 0 spiro atoms. The predicted molar refractivity (Wildman–Crippen MR) is 82.8 cm³/mol. The monoisotopic (exact) mass is 333 g/mol. The van der Waals surface area contributed by atoms with Gasteiger partial charge in [0.2, 0.25) is 0 Å². The Hall–Kier alpha value is -2.57. The van der Waals surface area contributed by atoms with Crippen LogP contribution in [0.2, 0.25) is 0 Å². The number of hydrogen-bond acceptors (Lipinski definition) is 3. The fourth-order valence-corrected chi connectivity index (χ4v) is 2.83. The van der Waals surface area contributed by atoms with Gasteiger partial charge in [-0.25, -0.2) is 4.98 Å². The molecule has 1 fully saturated rings. The molecule has 24 heavy (non-hydrogen) atoms. The summed E-state index contributed by atoms with van der Waals surface area (Å²) in [4.78, 5) is 8.58. The lowest BCUT2D eigenvalue weighted by Gasteiger charge is -2.09. The molecule has 0 radical (unpaired) electrons. The molecule has 0 unspecified atom stereocenters. The summed E-state index contributed by atoms with van der Waals surface area (Å²) in [5, 5.41) is 0. The summed E-state index contributed by atoms with van der Waals surface area (Å²) in [6, 6.07) is 5.77. The molecular formula is C17H14F3N3O. The highest BCUT2D eigenvalue weighted by molar-refractivity contribution is 5.82. The molecule has 1 aliphatic carbocycles. The highest BCUT2D eigenvalue weighted by Gasteiger charge is 2.33.